The number of hydrogen-bond acceptors (Lipinski definition) is 2. The summed E-state index contributed by atoms with van der Waals surface area (Å²) in [7, 11) is 0. The second-order valence-electron chi connectivity index (χ2n) is 4.46. The van der Waals surface area contributed by atoms with E-state index in [1.165, 1.54) is 5.56 Å². The van der Waals surface area contributed by atoms with Gasteiger partial charge < -0.3 is 5.32 Å². The number of rotatable bonds is 4. The molecule has 1 unspecified atom stereocenters. The minimum Gasteiger partial charge on any atom is -0.382 e. The van der Waals surface area contributed by atoms with Crippen LogP contribution in [0.5, 0.6) is 0 Å². The molecule has 2 rings (SSSR count). The van der Waals surface area contributed by atoms with Gasteiger partial charge in [-0.1, -0.05) is 36.4 Å². The summed E-state index contributed by atoms with van der Waals surface area (Å²) in [6, 6.07) is 18.3. The predicted molar refractivity (Wildman–Crippen MR) is 82.2 cm³/mol. The Bertz CT molecular complexity index is 587. The fraction of sp³-hybridized carbons (Fsp3) is 0.188. The second kappa shape index (κ2) is 6.40. The van der Waals surface area contributed by atoms with Crippen LogP contribution in [-0.2, 0) is 0 Å². The Balaban J connectivity index is 2.07. The predicted octanol–water partition coefficient (Wildman–Crippen LogP) is 4.48. The van der Waals surface area contributed by atoms with Crippen LogP contribution in [0.25, 0.3) is 0 Å². The van der Waals surface area contributed by atoms with Crippen LogP contribution < -0.4 is 5.32 Å². The lowest BCUT2D eigenvalue weighted by Gasteiger charge is -2.13. The van der Waals surface area contributed by atoms with Gasteiger partial charge in [0.25, 0.3) is 0 Å². The van der Waals surface area contributed by atoms with Gasteiger partial charge in [0.15, 0.2) is 0 Å². The minimum absolute atomic E-state index is 0.144. The quantitative estimate of drug-likeness (QED) is 0.903. The van der Waals surface area contributed by atoms with Crippen molar-refractivity contribution in [3.8, 4) is 6.07 Å². The Hall–Kier alpha value is -1.79. The molecule has 96 valence electrons. The highest BCUT2D eigenvalue weighted by Crippen LogP contribution is 2.24. The van der Waals surface area contributed by atoms with Crippen molar-refractivity contribution in [2.45, 2.75) is 12.8 Å². The Kier molecular flexibility index (Phi) is 4.59. The molecule has 0 saturated heterocycles. The minimum atomic E-state index is -0.144. The van der Waals surface area contributed by atoms with Crippen LogP contribution in [0.1, 0.15) is 17.0 Å². The standard InChI is InChI=1S/C16H15BrN2/c1-12-7-8-16(15(17)9-12)19-11-14(10-18)13-5-3-2-4-6-13/h2-9,14,19H,11H2,1H3. The molecule has 1 N–H and O–H groups in total. The first-order valence-electron chi connectivity index (χ1n) is 6.15. The van der Waals surface area contributed by atoms with Crippen molar-refractivity contribution in [1.82, 2.24) is 0 Å². The summed E-state index contributed by atoms with van der Waals surface area (Å²) in [4.78, 5) is 0. The van der Waals surface area contributed by atoms with Crippen molar-refractivity contribution < 1.29 is 0 Å². The Morgan fingerprint density at radius 1 is 1.21 bits per heavy atom. The van der Waals surface area contributed by atoms with Crippen LogP contribution in [0.15, 0.2) is 53.0 Å². The fourth-order valence-corrected chi connectivity index (χ4v) is 2.53. The molecule has 2 aromatic rings. The third-order valence-electron chi connectivity index (χ3n) is 2.98. The van der Waals surface area contributed by atoms with Gasteiger partial charge in [-0.05, 0) is 46.1 Å². The van der Waals surface area contributed by atoms with Crippen LogP contribution in [0.4, 0.5) is 5.69 Å². The molecule has 19 heavy (non-hydrogen) atoms. The highest BCUT2D eigenvalue weighted by atomic mass is 79.9. The average molecular weight is 315 g/mol. The lowest BCUT2D eigenvalue weighted by molar-refractivity contribution is 0.900. The largest absolute Gasteiger partial charge is 0.382 e. The number of nitrogens with zero attached hydrogens (tertiary/aromatic N) is 1. The maximum absolute atomic E-state index is 9.27. The molecule has 0 bridgehead atoms. The van der Waals surface area contributed by atoms with Gasteiger partial charge in [0.05, 0.1) is 12.0 Å². The van der Waals surface area contributed by atoms with Gasteiger partial charge in [-0.2, -0.15) is 5.26 Å². The van der Waals surface area contributed by atoms with Crippen molar-refractivity contribution >= 4 is 21.6 Å². The maximum atomic E-state index is 9.27. The molecule has 2 aromatic carbocycles. The zero-order chi connectivity index (χ0) is 13.7. The van der Waals surface area contributed by atoms with Crippen LogP contribution in [0, 0.1) is 18.3 Å². The second-order valence-corrected chi connectivity index (χ2v) is 5.31. The number of halogens is 1. The molecule has 0 aliphatic carbocycles. The van der Waals surface area contributed by atoms with E-state index in [2.05, 4.69) is 46.4 Å². The van der Waals surface area contributed by atoms with E-state index in [1.807, 2.05) is 36.4 Å². The van der Waals surface area contributed by atoms with Gasteiger partial charge in [-0.3, -0.25) is 0 Å². The lowest BCUT2D eigenvalue weighted by Crippen LogP contribution is -2.11. The van der Waals surface area contributed by atoms with Crippen LogP contribution >= 0.6 is 15.9 Å². The summed E-state index contributed by atoms with van der Waals surface area (Å²) in [5.74, 6) is -0.144. The number of hydrogen-bond donors (Lipinski definition) is 1. The molecule has 2 nitrogen and oxygen atoms in total. The van der Waals surface area contributed by atoms with Gasteiger partial charge >= 0.3 is 0 Å². The van der Waals surface area contributed by atoms with E-state index in [9.17, 15) is 5.26 Å². The van der Waals surface area contributed by atoms with E-state index < -0.39 is 0 Å². The molecule has 0 spiro atoms. The molecule has 0 radical (unpaired) electrons. The van der Waals surface area contributed by atoms with Crippen molar-refractivity contribution in [1.29, 1.82) is 5.26 Å². The Morgan fingerprint density at radius 2 is 1.95 bits per heavy atom. The van der Waals surface area contributed by atoms with Gasteiger partial charge in [0, 0.05) is 16.7 Å². The molecule has 0 saturated carbocycles. The highest BCUT2D eigenvalue weighted by Gasteiger charge is 2.10. The van der Waals surface area contributed by atoms with Crippen molar-refractivity contribution in [2.75, 3.05) is 11.9 Å². The molecule has 1 atom stereocenters. The van der Waals surface area contributed by atoms with Gasteiger partial charge in [-0.15, -0.1) is 0 Å². The molecule has 0 aromatic heterocycles. The van der Waals surface area contributed by atoms with E-state index in [0.29, 0.717) is 6.54 Å². The van der Waals surface area contributed by atoms with E-state index in [-0.39, 0.29) is 5.92 Å². The van der Waals surface area contributed by atoms with Crippen LogP contribution in [-0.4, -0.2) is 6.54 Å². The van der Waals surface area contributed by atoms with Crippen molar-refractivity contribution in [3.05, 3.63) is 64.1 Å². The zero-order valence-electron chi connectivity index (χ0n) is 10.7. The molecule has 0 amide bonds. The van der Waals surface area contributed by atoms with Gasteiger partial charge in [-0.25, -0.2) is 0 Å². The summed E-state index contributed by atoms with van der Waals surface area (Å²) in [6.45, 7) is 2.65. The molecule has 0 aliphatic rings. The van der Waals surface area contributed by atoms with Gasteiger partial charge in [0.2, 0.25) is 0 Å². The summed E-state index contributed by atoms with van der Waals surface area (Å²) < 4.78 is 1.03. The number of anilines is 1. The molecular weight excluding hydrogens is 300 g/mol. The molecule has 0 heterocycles. The first kappa shape index (κ1) is 13.6. The third-order valence-corrected chi connectivity index (χ3v) is 3.64. The first-order valence-corrected chi connectivity index (χ1v) is 6.94. The molecule has 3 heteroatoms. The van der Waals surface area contributed by atoms with Gasteiger partial charge in [0.1, 0.15) is 0 Å². The number of nitriles is 1. The maximum Gasteiger partial charge on any atom is 0.0885 e. The smallest absolute Gasteiger partial charge is 0.0885 e. The summed E-state index contributed by atoms with van der Waals surface area (Å²) in [5, 5.41) is 12.6. The van der Waals surface area contributed by atoms with Crippen LogP contribution in [0.3, 0.4) is 0 Å². The molecular formula is C16H15BrN2. The Labute approximate surface area is 122 Å². The number of benzene rings is 2. The highest BCUT2D eigenvalue weighted by molar-refractivity contribution is 9.10. The normalized spacial score (nSPS) is 11.6. The fourth-order valence-electron chi connectivity index (χ4n) is 1.90. The molecule has 0 aliphatic heterocycles. The van der Waals surface area contributed by atoms with E-state index in [1.54, 1.807) is 0 Å². The van der Waals surface area contributed by atoms with E-state index in [0.717, 1.165) is 15.7 Å². The summed E-state index contributed by atoms with van der Waals surface area (Å²) in [5.41, 5.74) is 3.26. The number of aryl methyl sites for hydroxylation is 1. The molecule has 0 fully saturated rings. The summed E-state index contributed by atoms with van der Waals surface area (Å²) >= 11 is 3.53. The Morgan fingerprint density at radius 3 is 2.58 bits per heavy atom. The average Bonchev–Trinajstić information content (AvgIpc) is 2.43. The van der Waals surface area contributed by atoms with E-state index >= 15 is 0 Å². The lowest BCUT2D eigenvalue weighted by atomic mass is 10.0. The van der Waals surface area contributed by atoms with Crippen molar-refractivity contribution in [2.24, 2.45) is 0 Å². The monoisotopic (exact) mass is 314 g/mol. The van der Waals surface area contributed by atoms with Crippen LogP contribution in [0.2, 0.25) is 0 Å². The SMILES string of the molecule is Cc1ccc(NCC(C#N)c2ccccc2)c(Br)c1. The number of nitrogens with one attached hydrogen (secondary N) is 1. The van der Waals surface area contributed by atoms with Crippen molar-refractivity contribution in [3.63, 3.8) is 0 Å². The zero-order valence-corrected chi connectivity index (χ0v) is 12.3. The first-order chi connectivity index (χ1) is 9.20. The van der Waals surface area contributed by atoms with E-state index in [4.69, 9.17) is 0 Å². The summed E-state index contributed by atoms with van der Waals surface area (Å²) in [6.07, 6.45) is 0. The topological polar surface area (TPSA) is 35.8 Å². The third kappa shape index (κ3) is 3.59.